The van der Waals surface area contributed by atoms with E-state index in [1.54, 1.807) is 18.4 Å². The molecule has 1 saturated heterocycles. The second-order valence-electron chi connectivity index (χ2n) is 7.55. The van der Waals surface area contributed by atoms with E-state index in [1.807, 2.05) is 22.4 Å². The highest BCUT2D eigenvalue weighted by Gasteiger charge is 2.18. The number of ether oxygens (including phenoxy) is 3. The summed E-state index contributed by atoms with van der Waals surface area (Å²) in [5.74, 6) is 0.832. The lowest BCUT2D eigenvalue weighted by Gasteiger charge is -2.29. The van der Waals surface area contributed by atoms with E-state index in [2.05, 4.69) is 29.8 Å². The van der Waals surface area contributed by atoms with Crippen molar-refractivity contribution in [1.29, 1.82) is 0 Å². The van der Waals surface area contributed by atoms with Gasteiger partial charge in [0, 0.05) is 38.7 Å². The van der Waals surface area contributed by atoms with Gasteiger partial charge in [0.15, 0.2) is 0 Å². The first-order valence-electron chi connectivity index (χ1n) is 10.2. The predicted octanol–water partition coefficient (Wildman–Crippen LogP) is 2.65. The second kappa shape index (κ2) is 11.4. The standard InChI is InChI=1S/C22H31N3O4S/c1-17-10-18(2)12-20(11-17)29-14-21-23-19(16-30-21)13-25(22(26)15-27-3)5-4-24-6-8-28-9-7-24/h10-12,16H,4-9,13-15H2,1-3H3. The van der Waals surface area contributed by atoms with Crippen molar-refractivity contribution in [3.63, 3.8) is 0 Å². The fourth-order valence-electron chi connectivity index (χ4n) is 3.44. The van der Waals surface area contributed by atoms with Crippen LogP contribution in [0, 0.1) is 13.8 Å². The number of carbonyl (C=O) groups is 1. The summed E-state index contributed by atoms with van der Waals surface area (Å²) in [6.07, 6.45) is 0. The molecule has 0 atom stereocenters. The van der Waals surface area contributed by atoms with Crippen molar-refractivity contribution in [3.8, 4) is 5.75 Å². The molecule has 2 heterocycles. The highest BCUT2D eigenvalue weighted by atomic mass is 32.1. The van der Waals surface area contributed by atoms with E-state index < -0.39 is 0 Å². The third-order valence-electron chi connectivity index (χ3n) is 4.92. The van der Waals surface area contributed by atoms with Crippen LogP contribution < -0.4 is 4.74 Å². The quantitative estimate of drug-likeness (QED) is 0.574. The first-order valence-corrected chi connectivity index (χ1v) is 11.1. The summed E-state index contributed by atoms with van der Waals surface area (Å²) in [7, 11) is 1.54. The summed E-state index contributed by atoms with van der Waals surface area (Å²) in [4.78, 5) is 21.3. The minimum absolute atomic E-state index is 0.0215. The van der Waals surface area contributed by atoms with Gasteiger partial charge in [0.1, 0.15) is 24.0 Å². The third-order valence-corrected chi connectivity index (χ3v) is 5.79. The Morgan fingerprint density at radius 1 is 1.23 bits per heavy atom. The first-order chi connectivity index (χ1) is 14.5. The number of carbonyl (C=O) groups excluding carboxylic acids is 1. The van der Waals surface area contributed by atoms with Gasteiger partial charge in [-0.2, -0.15) is 0 Å². The number of nitrogens with zero attached hydrogens (tertiary/aromatic N) is 3. The van der Waals surface area contributed by atoms with Gasteiger partial charge in [-0.3, -0.25) is 9.69 Å². The summed E-state index contributed by atoms with van der Waals surface area (Å²) in [5, 5.41) is 2.90. The van der Waals surface area contributed by atoms with Crippen LogP contribution >= 0.6 is 11.3 Å². The minimum atomic E-state index is -0.0215. The fraction of sp³-hybridized carbons (Fsp3) is 0.545. The minimum Gasteiger partial charge on any atom is -0.486 e. The Morgan fingerprint density at radius 3 is 2.67 bits per heavy atom. The zero-order valence-corrected chi connectivity index (χ0v) is 18.9. The van der Waals surface area contributed by atoms with E-state index in [-0.39, 0.29) is 12.5 Å². The van der Waals surface area contributed by atoms with E-state index in [0.717, 1.165) is 49.3 Å². The molecule has 0 saturated carbocycles. The molecule has 8 heteroatoms. The molecule has 0 bridgehead atoms. The van der Waals surface area contributed by atoms with Crippen molar-refractivity contribution in [2.24, 2.45) is 0 Å². The Morgan fingerprint density at radius 2 is 1.97 bits per heavy atom. The monoisotopic (exact) mass is 433 g/mol. The van der Waals surface area contributed by atoms with Gasteiger partial charge < -0.3 is 19.1 Å². The summed E-state index contributed by atoms with van der Waals surface area (Å²) in [6.45, 7) is 9.89. The molecule has 1 aromatic heterocycles. The van der Waals surface area contributed by atoms with Gasteiger partial charge in [-0.15, -0.1) is 11.3 Å². The van der Waals surface area contributed by atoms with Crippen LogP contribution in [-0.4, -0.2) is 73.8 Å². The van der Waals surface area contributed by atoms with Gasteiger partial charge in [0.25, 0.3) is 0 Å². The Balaban J connectivity index is 1.56. The first kappa shape index (κ1) is 22.7. The maximum Gasteiger partial charge on any atom is 0.248 e. The Kier molecular flexibility index (Phi) is 8.62. The number of hydrogen-bond acceptors (Lipinski definition) is 7. The molecule has 1 aromatic carbocycles. The predicted molar refractivity (Wildman–Crippen MR) is 117 cm³/mol. The fourth-order valence-corrected chi connectivity index (χ4v) is 4.13. The van der Waals surface area contributed by atoms with E-state index in [9.17, 15) is 4.79 Å². The van der Waals surface area contributed by atoms with Crippen LogP contribution in [0.1, 0.15) is 21.8 Å². The van der Waals surface area contributed by atoms with E-state index >= 15 is 0 Å². The molecular formula is C22H31N3O4S. The number of morpholine rings is 1. The van der Waals surface area contributed by atoms with Crippen LogP contribution in [0.3, 0.4) is 0 Å². The van der Waals surface area contributed by atoms with Gasteiger partial charge >= 0.3 is 0 Å². The molecule has 0 unspecified atom stereocenters. The largest absolute Gasteiger partial charge is 0.486 e. The lowest BCUT2D eigenvalue weighted by Crippen LogP contribution is -2.43. The average molecular weight is 434 g/mol. The van der Waals surface area contributed by atoms with Crippen molar-refractivity contribution in [2.45, 2.75) is 27.0 Å². The molecule has 2 aromatic rings. The molecule has 1 fully saturated rings. The number of benzene rings is 1. The molecule has 164 valence electrons. The van der Waals surface area contributed by atoms with Gasteiger partial charge in [-0.25, -0.2) is 4.98 Å². The van der Waals surface area contributed by atoms with Crippen LogP contribution in [-0.2, 0) is 27.4 Å². The lowest BCUT2D eigenvalue weighted by molar-refractivity contribution is -0.136. The van der Waals surface area contributed by atoms with Crippen molar-refractivity contribution in [2.75, 3.05) is 53.1 Å². The molecule has 0 aliphatic carbocycles. The van der Waals surface area contributed by atoms with Crippen LogP contribution in [0.15, 0.2) is 23.6 Å². The zero-order chi connectivity index (χ0) is 21.3. The third kappa shape index (κ3) is 7.05. The Hall–Kier alpha value is -2.00. The number of rotatable bonds is 10. The summed E-state index contributed by atoms with van der Waals surface area (Å²) in [6, 6.07) is 6.17. The molecule has 0 spiro atoms. The number of amides is 1. The van der Waals surface area contributed by atoms with Crippen LogP contribution in [0.5, 0.6) is 5.75 Å². The Labute approximate surface area is 182 Å². The van der Waals surface area contributed by atoms with Gasteiger partial charge in [0.2, 0.25) is 5.91 Å². The Bertz CT molecular complexity index is 800. The summed E-state index contributed by atoms with van der Waals surface area (Å²) in [5.41, 5.74) is 3.24. The van der Waals surface area contributed by atoms with Crippen LogP contribution in [0.2, 0.25) is 0 Å². The number of methoxy groups -OCH3 is 1. The lowest BCUT2D eigenvalue weighted by atomic mass is 10.1. The number of aryl methyl sites for hydroxylation is 2. The molecule has 1 aliphatic heterocycles. The zero-order valence-electron chi connectivity index (χ0n) is 18.1. The van der Waals surface area contributed by atoms with E-state index in [1.165, 1.54) is 11.1 Å². The van der Waals surface area contributed by atoms with Crippen molar-refractivity contribution in [3.05, 3.63) is 45.4 Å². The maximum absolute atomic E-state index is 12.5. The SMILES string of the molecule is COCC(=O)N(CCN1CCOCC1)Cc1csc(COc2cc(C)cc(C)c2)n1. The van der Waals surface area contributed by atoms with Gasteiger partial charge in [0.05, 0.1) is 25.5 Å². The van der Waals surface area contributed by atoms with E-state index in [0.29, 0.717) is 19.7 Å². The van der Waals surface area contributed by atoms with Crippen molar-refractivity contribution < 1.29 is 19.0 Å². The molecule has 0 radical (unpaired) electrons. The van der Waals surface area contributed by atoms with Gasteiger partial charge in [-0.1, -0.05) is 6.07 Å². The molecule has 7 nitrogen and oxygen atoms in total. The average Bonchev–Trinajstić information content (AvgIpc) is 3.17. The molecule has 30 heavy (non-hydrogen) atoms. The van der Waals surface area contributed by atoms with Gasteiger partial charge in [-0.05, 0) is 37.1 Å². The number of hydrogen-bond donors (Lipinski definition) is 0. The second-order valence-corrected chi connectivity index (χ2v) is 8.49. The number of aromatic nitrogens is 1. The molecule has 1 amide bonds. The van der Waals surface area contributed by atoms with Crippen LogP contribution in [0.4, 0.5) is 0 Å². The maximum atomic E-state index is 12.5. The normalized spacial score (nSPS) is 14.6. The molecular weight excluding hydrogens is 402 g/mol. The highest BCUT2D eigenvalue weighted by molar-refractivity contribution is 7.09. The van der Waals surface area contributed by atoms with Crippen LogP contribution in [0.25, 0.3) is 0 Å². The summed E-state index contributed by atoms with van der Waals surface area (Å²) < 4.78 is 16.4. The molecule has 3 rings (SSSR count). The van der Waals surface area contributed by atoms with Crippen molar-refractivity contribution >= 4 is 17.2 Å². The topological polar surface area (TPSA) is 64.1 Å². The summed E-state index contributed by atoms with van der Waals surface area (Å²) >= 11 is 1.56. The highest BCUT2D eigenvalue weighted by Crippen LogP contribution is 2.19. The smallest absolute Gasteiger partial charge is 0.248 e. The van der Waals surface area contributed by atoms with E-state index in [4.69, 9.17) is 14.2 Å². The molecule has 0 N–H and O–H groups in total. The number of thiazole rings is 1. The van der Waals surface area contributed by atoms with Crippen molar-refractivity contribution in [1.82, 2.24) is 14.8 Å². The molecule has 1 aliphatic rings.